The number of carbonyl (C=O) groups excluding carboxylic acids is 1. The van der Waals surface area contributed by atoms with E-state index in [4.69, 9.17) is 16.7 Å². The standard InChI is InChI=1S/C28H35ClN2O3/c1-17-24(26(32)30-23-12-20(13-23)27(33)34)15-25(31(17)16-18-6-4-3-5-7-18)19-10-21(14-22(29)11-19)28(2)8-9-28/h10-11,14-15,18,20,23H,3-9,12-13,16H2,1-2H3,(H,30,32)(H,33,34)/t20-,23-. The molecule has 182 valence electrons. The van der Waals surface area contributed by atoms with Crippen molar-refractivity contribution in [3.05, 3.63) is 46.1 Å². The van der Waals surface area contributed by atoms with Crippen molar-refractivity contribution in [3.63, 3.8) is 0 Å². The molecule has 6 heteroatoms. The molecule has 1 aromatic heterocycles. The first-order chi connectivity index (χ1) is 16.2. The van der Waals surface area contributed by atoms with Crippen molar-refractivity contribution in [1.29, 1.82) is 0 Å². The summed E-state index contributed by atoms with van der Waals surface area (Å²) in [5, 5.41) is 13.0. The molecule has 1 heterocycles. The van der Waals surface area contributed by atoms with Crippen molar-refractivity contribution in [2.45, 2.75) is 89.6 Å². The average Bonchev–Trinajstić information content (AvgIpc) is 3.45. The molecule has 0 saturated heterocycles. The molecule has 0 unspecified atom stereocenters. The molecule has 1 amide bonds. The van der Waals surface area contributed by atoms with Gasteiger partial charge in [0.05, 0.1) is 11.5 Å². The van der Waals surface area contributed by atoms with Crippen LogP contribution in [0.3, 0.4) is 0 Å². The van der Waals surface area contributed by atoms with E-state index in [0.29, 0.717) is 24.3 Å². The number of nitrogens with zero attached hydrogens (tertiary/aromatic N) is 1. The van der Waals surface area contributed by atoms with E-state index in [-0.39, 0.29) is 23.3 Å². The third-order valence-corrected chi connectivity index (χ3v) is 8.71. The van der Waals surface area contributed by atoms with E-state index in [9.17, 15) is 9.59 Å². The van der Waals surface area contributed by atoms with Gasteiger partial charge in [0.2, 0.25) is 0 Å². The number of hydrogen-bond donors (Lipinski definition) is 2. The van der Waals surface area contributed by atoms with Crippen LogP contribution in [0.15, 0.2) is 24.3 Å². The van der Waals surface area contributed by atoms with Gasteiger partial charge in [0.25, 0.3) is 5.91 Å². The summed E-state index contributed by atoms with van der Waals surface area (Å²) in [6.45, 7) is 5.24. The second-order valence-corrected chi connectivity index (χ2v) is 11.5. The molecule has 3 saturated carbocycles. The van der Waals surface area contributed by atoms with Gasteiger partial charge in [-0.15, -0.1) is 0 Å². The van der Waals surface area contributed by atoms with E-state index in [1.165, 1.54) is 50.5 Å². The molecule has 5 rings (SSSR count). The van der Waals surface area contributed by atoms with Crippen LogP contribution in [-0.2, 0) is 16.8 Å². The van der Waals surface area contributed by atoms with Gasteiger partial charge in [-0.2, -0.15) is 0 Å². The van der Waals surface area contributed by atoms with Gasteiger partial charge in [-0.3, -0.25) is 9.59 Å². The largest absolute Gasteiger partial charge is 0.481 e. The van der Waals surface area contributed by atoms with Crippen molar-refractivity contribution in [1.82, 2.24) is 9.88 Å². The van der Waals surface area contributed by atoms with Gasteiger partial charge in [0.15, 0.2) is 0 Å². The Hall–Kier alpha value is -2.27. The minimum absolute atomic E-state index is 0.0641. The maximum Gasteiger partial charge on any atom is 0.306 e. The fraction of sp³-hybridized carbons (Fsp3) is 0.571. The lowest BCUT2D eigenvalue weighted by Gasteiger charge is -2.32. The number of carboxylic acids is 1. The van der Waals surface area contributed by atoms with Crippen LogP contribution in [0.4, 0.5) is 0 Å². The van der Waals surface area contributed by atoms with Crippen LogP contribution in [0.1, 0.15) is 86.3 Å². The highest BCUT2D eigenvalue weighted by molar-refractivity contribution is 6.31. The second kappa shape index (κ2) is 9.07. The maximum absolute atomic E-state index is 13.2. The van der Waals surface area contributed by atoms with Crippen LogP contribution in [0.2, 0.25) is 5.02 Å². The Morgan fingerprint density at radius 3 is 2.47 bits per heavy atom. The summed E-state index contributed by atoms with van der Waals surface area (Å²) < 4.78 is 2.33. The number of rotatable bonds is 7. The van der Waals surface area contributed by atoms with Crippen LogP contribution < -0.4 is 5.32 Å². The number of amides is 1. The quantitative estimate of drug-likeness (QED) is 0.483. The number of nitrogens with one attached hydrogen (secondary N) is 1. The number of carboxylic acid groups (broad SMARTS) is 1. The lowest BCUT2D eigenvalue weighted by atomic mass is 9.80. The molecule has 0 radical (unpaired) electrons. The summed E-state index contributed by atoms with van der Waals surface area (Å²) in [7, 11) is 0. The average molecular weight is 483 g/mol. The van der Waals surface area contributed by atoms with Crippen LogP contribution >= 0.6 is 11.6 Å². The predicted molar refractivity (Wildman–Crippen MR) is 134 cm³/mol. The van der Waals surface area contributed by atoms with Gasteiger partial charge in [0.1, 0.15) is 0 Å². The molecule has 0 bridgehead atoms. The molecule has 0 spiro atoms. The van der Waals surface area contributed by atoms with E-state index in [1.54, 1.807) is 0 Å². The SMILES string of the molecule is Cc1c(C(=O)N[C@H]2C[C@H](C(=O)O)C2)cc(-c2cc(Cl)cc(C3(C)CC3)c2)n1CC1CCCCC1. The molecule has 2 N–H and O–H groups in total. The first-order valence-electron chi connectivity index (χ1n) is 12.8. The zero-order valence-corrected chi connectivity index (χ0v) is 21.0. The molecular formula is C28H35ClN2O3. The number of halogens is 1. The highest BCUT2D eigenvalue weighted by Crippen LogP contribution is 2.49. The second-order valence-electron chi connectivity index (χ2n) is 11.1. The number of aliphatic carboxylic acids is 1. The Bertz CT molecular complexity index is 1110. The minimum Gasteiger partial charge on any atom is -0.481 e. The third-order valence-electron chi connectivity index (χ3n) is 8.49. The van der Waals surface area contributed by atoms with E-state index in [2.05, 4.69) is 28.9 Å². The Labute approximate surface area is 206 Å². The van der Waals surface area contributed by atoms with Crippen LogP contribution in [0.5, 0.6) is 0 Å². The summed E-state index contributed by atoms with van der Waals surface area (Å²) in [5.41, 5.74) is 5.27. The number of benzene rings is 1. The van der Waals surface area contributed by atoms with E-state index in [0.717, 1.165) is 28.5 Å². The van der Waals surface area contributed by atoms with Crippen molar-refractivity contribution in [2.24, 2.45) is 11.8 Å². The summed E-state index contributed by atoms with van der Waals surface area (Å²) in [4.78, 5) is 24.4. The Morgan fingerprint density at radius 2 is 1.82 bits per heavy atom. The van der Waals surface area contributed by atoms with Crippen molar-refractivity contribution >= 4 is 23.5 Å². The van der Waals surface area contributed by atoms with Gasteiger partial charge in [-0.25, -0.2) is 0 Å². The summed E-state index contributed by atoms with van der Waals surface area (Å²) in [6.07, 6.45) is 9.71. The molecule has 3 fully saturated rings. The van der Waals surface area contributed by atoms with E-state index < -0.39 is 5.97 Å². The molecule has 1 aromatic carbocycles. The Morgan fingerprint density at radius 1 is 1.12 bits per heavy atom. The topological polar surface area (TPSA) is 71.3 Å². The number of hydrogen-bond acceptors (Lipinski definition) is 2. The molecule has 3 aliphatic carbocycles. The van der Waals surface area contributed by atoms with E-state index >= 15 is 0 Å². The smallest absolute Gasteiger partial charge is 0.306 e. The van der Waals surface area contributed by atoms with Crippen molar-refractivity contribution < 1.29 is 14.7 Å². The predicted octanol–water partition coefficient (Wildman–Crippen LogP) is 6.34. The fourth-order valence-electron chi connectivity index (χ4n) is 5.74. The monoisotopic (exact) mass is 482 g/mol. The van der Waals surface area contributed by atoms with Gasteiger partial charge >= 0.3 is 5.97 Å². The van der Waals surface area contributed by atoms with E-state index in [1.807, 2.05) is 19.1 Å². The molecular weight excluding hydrogens is 448 g/mol. The zero-order chi connectivity index (χ0) is 24.0. The molecule has 34 heavy (non-hydrogen) atoms. The Kier molecular flexibility index (Phi) is 6.26. The number of aromatic nitrogens is 1. The Balaban J connectivity index is 1.47. The normalized spacial score (nSPS) is 23.9. The van der Waals surface area contributed by atoms with Crippen LogP contribution in [0.25, 0.3) is 11.3 Å². The highest BCUT2D eigenvalue weighted by atomic mass is 35.5. The fourth-order valence-corrected chi connectivity index (χ4v) is 5.98. The van der Waals surface area contributed by atoms with Crippen molar-refractivity contribution in [2.75, 3.05) is 0 Å². The van der Waals surface area contributed by atoms with Crippen LogP contribution in [0, 0.1) is 18.8 Å². The third kappa shape index (κ3) is 4.64. The lowest BCUT2D eigenvalue weighted by molar-refractivity contribution is -0.145. The van der Waals surface area contributed by atoms with Gasteiger partial charge < -0.3 is 15.0 Å². The van der Waals surface area contributed by atoms with Gasteiger partial charge in [0, 0.05) is 29.0 Å². The highest BCUT2D eigenvalue weighted by Gasteiger charge is 2.39. The van der Waals surface area contributed by atoms with Gasteiger partial charge in [-0.05, 0) is 92.2 Å². The molecule has 3 aliphatic rings. The number of carbonyl (C=O) groups is 2. The molecule has 0 aliphatic heterocycles. The maximum atomic E-state index is 13.2. The van der Waals surface area contributed by atoms with Crippen LogP contribution in [-0.4, -0.2) is 27.6 Å². The molecule has 5 nitrogen and oxygen atoms in total. The summed E-state index contributed by atoms with van der Waals surface area (Å²) >= 11 is 6.59. The molecule has 0 atom stereocenters. The zero-order valence-electron chi connectivity index (χ0n) is 20.2. The summed E-state index contributed by atoms with van der Waals surface area (Å²) in [6, 6.07) is 8.32. The summed E-state index contributed by atoms with van der Waals surface area (Å²) in [5.74, 6) is -0.598. The first-order valence-corrected chi connectivity index (χ1v) is 13.2. The lowest BCUT2D eigenvalue weighted by Crippen LogP contribution is -2.46. The molecule has 2 aromatic rings. The minimum atomic E-state index is -0.774. The van der Waals surface area contributed by atoms with Crippen molar-refractivity contribution in [3.8, 4) is 11.3 Å². The first kappa shape index (κ1) is 23.5. The van der Waals surface area contributed by atoms with Gasteiger partial charge in [-0.1, -0.05) is 37.8 Å².